The first kappa shape index (κ1) is 34.0. The lowest BCUT2D eigenvalue weighted by Gasteiger charge is -2.58. The van der Waals surface area contributed by atoms with Gasteiger partial charge in [-0.15, -0.1) is 0 Å². The van der Waals surface area contributed by atoms with E-state index in [9.17, 15) is 4.79 Å². The Labute approximate surface area is 261 Å². The van der Waals surface area contributed by atoms with Gasteiger partial charge >= 0.3 is 5.97 Å². The van der Waals surface area contributed by atoms with Gasteiger partial charge in [0.05, 0.1) is 27.2 Å². The van der Waals surface area contributed by atoms with Crippen molar-refractivity contribution in [3.8, 4) is 0 Å². The molecule has 242 valence electrons. The van der Waals surface area contributed by atoms with Gasteiger partial charge in [-0.3, -0.25) is 4.79 Å². The number of hydrogen-bond donors (Lipinski definition) is 0. The summed E-state index contributed by atoms with van der Waals surface area (Å²) < 4.78 is 7.13. The SMILES string of the molecule is CC(C)CCC[C@@H](C)[C@H]1CC[C@H]2[C@@H]3CC=C4C[C@@H](OC(=O)CCCC[N+](C)(C)CCN(C)C)CC[C@]4(C)[C@H]3CC[C@]12C. The van der Waals surface area contributed by atoms with Gasteiger partial charge in [0.15, 0.2) is 0 Å². The molecule has 0 unspecified atom stereocenters. The van der Waals surface area contributed by atoms with Crippen LogP contribution in [0.1, 0.15) is 125 Å². The molecule has 3 fully saturated rings. The number of hydrogen-bond acceptors (Lipinski definition) is 3. The third kappa shape index (κ3) is 7.85. The molecule has 3 saturated carbocycles. The maximum absolute atomic E-state index is 12.8. The van der Waals surface area contributed by atoms with Crippen LogP contribution >= 0.6 is 0 Å². The number of unbranched alkanes of at least 4 members (excludes halogenated alkanes) is 1. The van der Waals surface area contributed by atoms with E-state index in [0.717, 1.165) is 85.3 Å². The maximum atomic E-state index is 12.8. The first-order valence-corrected chi connectivity index (χ1v) is 18.1. The summed E-state index contributed by atoms with van der Waals surface area (Å²) in [5.41, 5.74) is 2.50. The summed E-state index contributed by atoms with van der Waals surface area (Å²) in [6.07, 6.45) is 19.8. The monoisotopic (exact) mass is 586 g/mol. The predicted molar refractivity (Wildman–Crippen MR) is 177 cm³/mol. The summed E-state index contributed by atoms with van der Waals surface area (Å²) in [4.78, 5) is 15.1. The van der Waals surface area contributed by atoms with E-state index in [4.69, 9.17) is 4.74 Å². The summed E-state index contributed by atoms with van der Waals surface area (Å²) in [5.74, 6) is 5.27. The minimum Gasteiger partial charge on any atom is -0.462 e. The van der Waals surface area contributed by atoms with Gasteiger partial charge in [-0.1, -0.05) is 65.5 Å². The second kappa shape index (κ2) is 14.1. The summed E-state index contributed by atoms with van der Waals surface area (Å²) in [5, 5.41) is 0. The van der Waals surface area contributed by atoms with Crippen LogP contribution in [0.5, 0.6) is 0 Å². The Morgan fingerprint density at radius 3 is 2.45 bits per heavy atom. The van der Waals surface area contributed by atoms with Crippen LogP contribution in [-0.2, 0) is 9.53 Å². The molecule has 4 aliphatic carbocycles. The third-order valence-electron chi connectivity index (χ3n) is 13.1. The first-order chi connectivity index (χ1) is 19.7. The minimum atomic E-state index is 0.0319. The molecule has 0 N–H and O–H groups in total. The zero-order chi connectivity index (χ0) is 30.7. The molecule has 8 atom stereocenters. The Kier molecular flexibility index (Phi) is 11.4. The van der Waals surface area contributed by atoms with Gasteiger partial charge in [0.25, 0.3) is 0 Å². The highest BCUT2D eigenvalue weighted by Crippen LogP contribution is 2.67. The zero-order valence-electron chi connectivity index (χ0n) is 29.4. The number of allylic oxidation sites excluding steroid dienone is 1. The number of carbonyl (C=O) groups excluding carboxylic acids is 1. The average Bonchev–Trinajstić information content (AvgIpc) is 3.27. The van der Waals surface area contributed by atoms with E-state index in [0.29, 0.717) is 17.3 Å². The van der Waals surface area contributed by atoms with E-state index >= 15 is 0 Å². The lowest BCUT2D eigenvalue weighted by molar-refractivity contribution is -0.890. The molecule has 0 amide bonds. The van der Waals surface area contributed by atoms with Crippen molar-refractivity contribution in [2.45, 2.75) is 131 Å². The van der Waals surface area contributed by atoms with E-state index in [1.54, 1.807) is 5.57 Å². The normalized spacial score (nSPS) is 35.4. The van der Waals surface area contributed by atoms with Gasteiger partial charge in [0, 0.05) is 19.4 Å². The quantitative estimate of drug-likeness (QED) is 0.0883. The fourth-order valence-corrected chi connectivity index (χ4v) is 10.4. The molecule has 0 aliphatic heterocycles. The number of fused-ring (bicyclic) bond motifs is 5. The molecule has 0 aromatic heterocycles. The molecule has 0 radical (unpaired) electrons. The van der Waals surface area contributed by atoms with Gasteiger partial charge in [-0.25, -0.2) is 0 Å². The number of nitrogens with zero attached hydrogens (tertiary/aromatic N) is 2. The van der Waals surface area contributed by atoms with Crippen molar-refractivity contribution in [2.24, 2.45) is 46.3 Å². The second-order valence-corrected chi connectivity index (χ2v) is 17.3. The number of quaternary nitrogens is 1. The average molecular weight is 586 g/mol. The molecule has 42 heavy (non-hydrogen) atoms. The Hall–Kier alpha value is -0.870. The van der Waals surface area contributed by atoms with Crippen LogP contribution in [0.2, 0.25) is 0 Å². The van der Waals surface area contributed by atoms with Gasteiger partial charge in [0.2, 0.25) is 0 Å². The molecule has 0 aromatic carbocycles. The molecule has 4 aliphatic rings. The molecule has 4 nitrogen and oxygen atoms in total. The molecule has 0 aromatic rings. The van der Waals surface area contributed by atoms with Gasteiger partial charge in [0.1, 0.15) is 6.10 Å². The second-order valence-electron chi connectivity index (χ2n) is 17.3. The number of rotatable bonds is 14. The highest BCUT2D eigenvalue weighted by atomic mass is 16.5. The molecular formula is C38H69N2O2+. The number of carbonyl (C=O) groups is 1. The van der Waals surface area contributed by atoms with Crippen molar-refractivity contribution >= 4 is 5.97 Å². The van der Waals surface area contributed by atoms with Crippen molar-refractivity contribution in [1.29, 1.82) is 0 Å². The lowest BCUT2D eigenvalue weighted by Crippen LogP contribution is -2.51. The van der Waals surface area contributed by atoms with Crippen molar-refractivity contribution in [1.82, 2.24) is 4.90 Å². The lowest BCUT2D eigenvalue weighted by atomic mass is 9.47. The highest BCUT2D eigenvalue weighted by molar-refractivity contribution is 5.69. The van der Waals surface area contributed by atoms with Crippen molar-refractivity contribution in [3.05, 3.63) is 11.6 Å². The number of likely N-dealkylation sites (N-methyl/N-ethyl adjacent to an activating group) is 2. The largest absolute Gasteiger partial charge is 0.462 e. The fraction of sp³-hybridized carbons (Fsp3) is 0.921. The molecular weight excluding hydrogens is 516 g/mol. The molecule has 0 bridgehead atoms. The van der Waals surface area contributed by atoms with E-state index in [2.05, 4.69) is 73.8 Å². The Bertz CT molecular complexity index is 924. The van der Waals surface area contributed by atoms with Gasteiger partial charge in [-0.05, 0) is 118 Å². The smallest absolute Gasteiger partial charge is 0.306 e. The molecule has 0 saturated heterocycles. The van der Waals surface area contributed by atoms with E-state index in [-0.39, 0.29) is 12.1 Å². The molecule has 0 heterocycles. The summed E-state index contributed by atoms with van der Waals surface area (Å²) in [6, 6.07) is 0. The Morgan fingerprint density at radius 1 is 0.976 bits per heavy atom. The van der Waals surface area contributed by atoms with Gasteiger partial charge < -0.3 is 14.1 Å². The first-order valence-electron chi connectivity index (χ1n) is 18.1. The van der Waals surface area contributed by atoms with Crippen LogP contribution in [-0.4, -0.2) is 69.3 Å². The fourth-order valence-electron chi connectivity index (χ4n) is 10.4. The third-order valence-corrected chi connectivity index (χ3v) is 13.1. The topological polar surface area (TPSA) is 29.5 Å². The van der Waals surface area contributed by atoms with Crippen molar-refractivity contribution < 1.29 is 14.0 Å². The van der Waals surface area contributed by atoms with E-state index in [1.807, 2.05) is 0 Å². The summed E-state index contributed by atoms with van der Waals surface area (Å²) in [6.45, 7) is 16.0. The Morgan fingerprint density at radius 2 is 1.74 bits per heavy atom. The van der Waals surface area contributed by atoms with E-state index in [1.165, 1.54) is 57.8 Å². The van der Waals surface area contributed by atoms with Crippen LogP contribution in [0.15, 0.2) is 11.6 Å². The zero-order valence-corrected chi connectivity index (χ0v) is 29.4. The summed E-state index contributed by atoms with van der Waals surface area (Å²) >= 11 is 0. The predicted octanol–water partition coefficient (Wildman–Crippen LogP) is 8.75. The van der Waals surface area contributed by atoms with Crippen molar-refractivity contribution in [3.63, 3.8) is 0 Å². The number of ether oxygens (including phenoxy) is 1. The van der Waals surface area contributed by atoms with Crippen LogP contribution in [0.4, 0.5) is 0 Å². The van der Waals surface area contributed by atoms with Crippen LogP contribution < -0.4 is 0 Å². The summed E-state index contributed by atoms with van der Waals surface area (Å²) in [7, 11) is 8.88. The van der Waals surface area contributed by atoms with Crippen LogP contribution in [0.3, 0.4) is 0 Å². The van der Waals surface area contributed by atoms with Gasteiger partial charge in [-0.2, -0.15) is 0 Å². The highest BCUT2D eigenvalue weighted by Gasteiger charge is 2.59. The standard InChI is InChI=1S/C38H69N2O2/c1-28(2)13-12-14-29(3)33-18-19-34-32-17-16-30-27-31(20-22-37(30,4)35(32)21-23-38(33,34)5)42-36(41)15-10-11-25-40(8,9)26-24-39(6)7/h16,28-29,31-35H,10-15,17-27H2,1-9H3/q+1/t29-,31+,32+,33-,34+,35+,37+,38-/m1/s1. The van der Waals surface area contributed by atoms with Crippen molar-refractivity contribution in [2.75, 3.05) is 47.8 Å². The van der Waals surface area contributed by atoms with E-state index < -0.39 is 0 Å². The molecule has 0 spiro atoms. The minimum absolute atomic E-state index is 0.0319. The van der Waals surface area contributed by atoms with Crippen LogP contribution in [0, 0.1) is 46.3 Å². The molecule has 4 rings (SSSR count). The Balaban J connectivity index is 1.27. The molecule has 4 heteroatoms. The van der Waals surface area contributed by atoms with Crippen LogP contribution in [0.25, 0.3) is 0 Å². The maximum Gasteiger partial charge on any atom is 0.306 e. The number of esters is 1.